The molecule has 0 bridgehead atoms. The molecule has 1 aliphatic rings. The van der Waals surface area contributed by atoms with Gasteiger partial charge in [-0.05, 0) is 12.8 Å². The van der Waals surface area contributed by atoms with Crippen molar-refractivity contribution in [2.24, 2.45) is 5.92 Å². The van der Waals surface area contributed by atoms with Crippen LogP contribution < -0.4 is 0 Å². The monoisotopic (exact) mass is 206 g/mol. The molecule has 1 saturated carbocycles. The molecule has 0 N–H and O–H groups in total. The summed E-state index contributed by atoms with van der Waals surface area (Å²) < 4.78 is 2.08. The minimum atomic E-state index is 0.0573. The van der Waals surface area contributed by atoms with E-state index in [1.165, 1.54) is 25.7 Å². The molecule has 3 heteroatoms. The molecule has 15 heavy (non-hydrogen) atoms. The summed E-state index contributed by atoms with van der Waals surface area (Å²) in [5, 5.41) is 0. The van der Waals surface area contributed by atoms with Crippen molar-refractivity contribution in [3.05, 3.63) is 18.2 Å². The quantitative estimate of drug-likeness (QED) is 0.713. The van der Waals surface area contributed by atoms with Crippen LogP contribution in [0.5, 0.6) is 0 Å². The van der Waals surface area contributed by atoms with Gasteiger partial charge in [0, 0.05) is 12.0 Å². The van der Waals surface area contributed by atoms with Crippen molar-refractivity contribution in [1.29, 1.82) is 0 Å². The number of ketones is 1. The first kappa shape index (κ1) is 10.4. The fourth-order valence-corrected chi connectivity index (χ4v) is 2.26. The van der Waals surface area contributed by atoms with E-state index in [9.17, 15) is 4.79 Å². The Bertz CT molecular complexity index is 348. The molecule has 0 spiro atoms. The minimum Gasteiger partial charge on any atom is -0.325 e. The molecule has 0 aliphatic heterocycles. The number of aromatic nitrogens is 2. The molecular formula is C12H18N2O. The molecule has 3 nitrogen and oxygen atoms in total. The van der Waals surface area contributed by atoms with Gasteiger partial charge < -0.3 is 4.57 Å². The smallest absolute Gasteiger partial charge is 0.183 e. The first-order valence-electron chi connectivity index (χ1n) is 5.76. The second-order valence-corrected chi connectivity index (χ2v) is 4.64. The van der Waals surface area contributed by atoms with Crippen molar-refractivity contribution in [2.45, 2.75) is 45.6 Å². The molecule has 0 radical (unpaired) electrons. The van der Waals surface area contributed by atoms with Gasteiger partial charge in [-0.2, -0.15) is 0 Å². The summed E-state index contributed by atoms with van der Waals surface area (Å²) >= 11 is 0. The lowest BCUT2D eigenvalue weighted by atomic mass is 10.1. The van der Waals surface area contributed by atoms with Crippen LogP contribution in [0, 0.1) is 5.92 Å². The van der Waals surface area contributed by atoms with Gasteiger partial charge in [0.15, 0.2) is 5.78 Å². The van der Waals surface area contributed by atoms with Gasteiger partial charge in [0.1, 0.15) is 5.69 Å². The first-order chi connectivity index (χ1) is 7.20. The standard InChI is InChI=1S/C12H18N2O/c1-9(2)12(15)11-7-13-8-14(11)10-5-3-4-6-10/h7-10H,3-6H2,1-2H3. The highest BCUT2D eigenvalue weighted by molar-refractivity contribution is 5.95. The predicted octanol–water partition coefficient (Wildman–Crippen LogP) is 2.84. The number of carbonyl (C=O) groups excluding carboxylic acids is 1. The maximum Gasteiger partial charge on any atom is 0.183 e. The average molecular weight is 206 g/mol. The first-order valence-corrected chi connectivity index (χ1v) is 5.76. The van der Waals surface area contributed by atoms with Crippen molar-refractivity contribution in [1.82, 2.24) is 9.55 Å². The van der Waals surface area contributed by atoms with Crippen molar-refractivity contribution >= 4 is 5.78 Å². The van der Waals surface area contributed by atoms with Crippen LogP contribution in [0.4, 0.5) is 0 Å². The minimum absolute atomic E-state index is 0.0573. The highest BCUT2D eigenvalue weighted by atomic mass is 16.1. The number of hydrogen-bond acceptors (Lipinski definition) is 2. The van der Waals surface area contributed by atoms with Crippen molar-refractivity contribution in [3.8, 4) is 0 Å². The van der Waals surface area contributed by atoms with Crippen LogP contribution in [-0.4, -0.2) is 15.3 Å². The van der Waals surface area contributed by atoms with E-state index in [2.05, 4.69) is 9.55 Å². The van der Waals surface area contributed by atoms with Crippen LogP contribution >= 0.6 is 0 Å². The Balaban J connectivity index is 2.25. The maximum atomic E-state index is 11.9. The molecule has 0 unspecified atom stereocenters. The van der Waals surface area contributed by atoms with E-state index in [0.29, 0.717) is 6.04 Å². The van der Waals surface area contributed by atoms with Gasteiger partial charge in [0.05, 0.1) is 12.5 Å². The van der Waals surface area contributed by atoms with E-state index >= 15 is 0 Å². The van der Waals surface area contributed by atoms with Gasteiger partial charge in [0.2, 0.25) is 0 Å². The summed E-state index contributed by atoms with van der Waals surface area (Å²) in [6.45, 7) is 3.88. The summed E-state index contributed by atoms with van der Waals surface area (Å²) in [5.41, 5.74) is 0.789. The second kappa shape index (κ2) is 4.17. The number of Topliss-reactive ketones (excluding diaryl/α,β-unsaturated/α-hetero) is 1. The lowest BCUT2D eigenvalue weighted by molar-refractivity contribution is 0.0928. The third-order valence-corrected chi connectivity index (χ3v) is 3.16. The topological polar surface area (TPSA) is 34.9 Å². The van der Waals surface area contributed by atoms with Gasteiger partial charge in [-0.15, -0.1) is 0 Å². The summed E-state index contributed by atoms with van der Waals surface area (Å²) in [6, 6.07) is 0.505. The average Bonchev–Trinajstić information content (AvgIpc) is 2.86. The molecular weight excluding hydrogens is 188 g/mol. The summed E-state index contributed by atoms with van der Waals surface area (Å²) in [4.78, 5) is 16.0. The molecule has 0 aromatic carbocycles. The molecule has 1 fully saturated rings. The van der Waals surface area contributed by atoms with Gasteiger partial charge in [-0.1, -0.05) is 26.7 Å². The van der Waals surface area contributed by atoms with Gasteiger partial charge >= 0.3 is 0 Å². The SMILES string of the molecule is CC(C)C(=O)c1cncn1C1CCCC1. The Morgan fingerprint density at radius 3 is 2.73 bits per heavy atom. The molecule has 1 aromatic heterocycles. The molecule has 1 aromatic rings. The van der Waals surface area contributed by atoms with Crippen molar-refractivity contribution in [3.63, 3.8) is 0 Å². The van der Waals surface area contributed by atoms with Crippen LogP contribution in [0.25, 0.3) is 0 Å². The van der Waals surface area contributed by atoms with E-state index in [4.69, 9.17) is 0 Å². The maximum absolute atomic E-state index is 11.9. The van der Waals surface area contributed by atoms with Crippen molar-refractivity contribution < 1.29 is 4.79 Å². The Labute approximate surface area is 90.5 Å². The number of rotatable bonds is 3. The largest absolute Gasteiger partial charge is 0.325 e. The molecule has 82 valence electrons. The van der Waals surface area contributed by atoms with Crippen LogP contribution in [0.15, 0.2) is 12.5 Å². The highest BCUT2D eigenvalue weighted by Crippen LogP contribution is 2.30. The second-order valence-electron chi connectivity index (χ2n) is 4.64. The summed E-state index contributed by atoms with van der Waals surface area (Å²) in [5.74, 6) is 0.265. The summed E-state index contributed by atoms with van der Waals surface area (Å²) in [7, 11) is 0. The normalized spacial score (nSPS) is 17.5. The van der Waals surface area contributed by atoms with E-state index in [-0.39, 0.29) is 11.7 Å². The van der Waals surface area contributed by atoms with E-state index in [1.54, 1.807) is 6.20 Å². The van der Waals surface area contributed by atoms with E-state index in [1.807, 2.05) is 20.2 Å². The van der Waals surface area contributed by atoms with Crippen LogP contribution in [0.3, 0.4) is 0 Å². The van der Waals surface area contributed by atoms with Crippen molar-refractivity contribution in [2.75, 3.05) is 0 Å². The number of carbonyl (C=O) groups is 1. The third kappa shape index (κ3) is 1.96. The Morgan fingerprint density at radius 2 is 2.13 bits per heavy atom. The lowest BCUT2D eigenvalue weighted by Crippen LogP contribution is -2.16. The van der Waals surface area contributed by atoms with Crippen LogP contribution in [0.2, 0.25) is 0 Å². The fraction of sp³-hybridized carbons (Fsp3) is 0.667. The fourth-order valence-electron chi connectivity index (χ4n) is 2.26. The molecule has 1 heterocycles. The summed E-state index contributed by atoms with van der Waals surface area (Å²) in [6.07, 6.45) is 8.45. The Kier molecular flexibility index (Phi) is 2.89. The highest BCUT2D eigenvalue weighted by Gasteiger charge is 2.22. The molecule has 0 amide bonds. The zero-order valence-corrected chi connectivity index (χ0v) is 9.44. The zero-order valence-electron chi connectivity index (χ0n) is 9.44. The van der Waals surface area contributed by atoms with Gasteiger partial charge in [-0.3, -0.25) is 4.79 Å². The molecule has 2 rings (SSSR count). The Morgan fingerprint density at radius 1 is 1.47 bits per heavy atom. The lowest BCUT2D eigenvalue weighted by Gasteiger charge is -2.15. The molecule has 0 saturated heterocycles. The predicted molar refractivity (Wildman–Crippen MR) is 58.9 cm³/mol. The van der Waals surface area contributed by atoms with Crippen LogP contribution in [0.1, 0.15) is 56.1 Å². The van der Waals surface area contributed by atoms with Gasteiger partial charge in [0.25, 0.3) is 0 Å². The molecule has 0 atom stereocenters. The Hall–Kier alpha value is -1.12. The van der Waals surface area contributed by atoms with Gasteiger partial charge in [-0.25, -0.2) is 4.98 Å². The van der Waals surface area contributed by atoms with E-state index in [0.717, 1.165) is 5.69 Å². The van der Waals surface area contributed by atoms with Crippen LogP contribution in [-0.2, 0) is 0 Å². The number of hydrogen-bond donors (Lipinski definition) is 0. The number of imidazole rings is 1. The zero-order chi connectivity index (χ0) is 10.8. The molecule has 1 aliphatic carbocycles. The third-order valence-electron chi connectivity index (χ3n) is 3.16. The van der Waals surface area contributed by atoms with E-state index < -0.39 is 0 Å². The number of nitrogens with zero attached hydrogens (tertiary/aromatic N) is 2.